The van der Waals surface area contributed by atoms with Crippen LogP contribution in [-0.4, -0.2) is 37.9 Å². The van der Waals surface area contributed by atoms with E-state index < -0.39 is 6.04 Å². The fourth-order valence-corrected chi connectivity index (χ4v) is 3.26. The zero-order valence-electron chi connectivity index (χ0n) is 18.3. The molecule has 0 saturated carbocycles. The van der Waals surface area contributed by atoms with E-state index in [1.807, 2.05) is 45.0 Å². The second-order valence-electron chi connectivity index (χ2n) is 7.71. The zero-order chi connectivity index (χ0) is 22.7. The topological polar surface area (TPSA) is 108 Å². The van der Waals surface area contributed by atoms with Crippen molar-refractivity contribution in [1.82, 2.24) is 30.2 Å². The van der Waals surface area contributed by atoms with Gasteiger partial charge in [0, 0.05) is 24.2 Å². The summed E-state index contributed by atoms with van der Waals surface area (Å²) in [4.78, 5) is 21.5. The molecule has 1 unspecified atom stereocenters. The summed E-state index contributed by atoms with van der Waals surface area (Å²) in [5, 5.41) is 11.4. The molecule has 4 rings (SSSR count). The van der Waals surface area contributed by atoms with E-state index in [1.54, 1.807) is 42.5 Å². The summed E-state index contributed by atoms with van der Waals surface area (Å²) in [5.41, 5.74) is 2.82. The summed E-state index contributed by atoms with van der Waals surface area (Å²) in [6.07, 6.45) is 5.06. The standard InChI is InChI=1S/C23H24N6O3/c1-14(2)20(23-26-21(28-32-23)16-6-5-10-24-13-16)25-22(30)17-9-11-29(27-17)18-12-15(3)7-8-19(18)31-4/h5-14,20H,1-4H3,(H,25,30). The van der Waals surface area contributed by atoms with Crippen molar-refractivity contribution in [2.24, 2.45) is 5.92 Å². The Morgan fingerprint density at radius 3 is 2.78 bits per heavy atom. The molecule has 1 atom stereocenters. The lowest BCUT2D eigenvalue weighted by molar-refractivity contribution is 0.0908. The first-order chi connectivity index (χ1) is 15.5. The molecule has 1 amide bonds. The molecular weight excluding hydrogens is 408 g/mol. The van der Waals surface area contributed by atoms with Crippen LogP contribution in [0.1, 0.15) is 41.8 Å². The lowest BCUT2D eigenvalue weighted by Gasteiger charge is -2.17. The van der Waals surface area contributed by atoms with Gasteiger partial charge in [-0.15, -0.1) is 0 Å². The molecular formula is C23H24N6O3. The minimum absolute atomic E-state index is 0.0140. The van der Waals surface area contributed by atoms with Gasteiger partial charge >= 0.3 is 0 Å². The summed E-state index contributed by atoms with van der Waals surface area (Å²) in [5.74, 6) is 1.09. The summed E-state index contributed by atoms with van der Waals surface area (Å²) in [7, 11) is 1.60. The number of hydrogen-bond donors (Lipinski definition) is 1. The van der Waals surface area contributed by atoms with E-state index >= 15 is 0 Å². The second-order valence-corrected chi connectivity index (χ2v) is 7.71. The van der Waals surface area contributed by atoms with Crippen LogP contribution in [0.5, 0.6) is 5.75 Å². The van der Waals surface area contributed by atoms with Crippen molar-refractivity contribution in [3.05, 3.63) is 72.1 Å². The Balaban J connectivity index is 1.55. The predicted octanol–water partition coefficient (Wildman–Crippen LogP) is 3.76. The van der Waals surface area contributed by atoms with Gasteiger partial charge in [0.05, 0.1) is 7.11 Å². The van der Waals surface area contributed by atoms with E-state index in [1.165, 1.54) is 0 Å². The van der Waals surface area contributed by atoms with Crippen molar-refractivity contribution in [2.45, 2.75) is 26.8 Å². The Morgan fingerprint density at radius 2 is 2.06 bits per heavy atom. The molecule has 3 heterocycles. The van der Waals surface area contributed by atoms with Crippen LogP contribution < -0.4 is 10.1 Å². The number of hydrogen-bond acceptors (Lipinski definition) is 7. The Hall–Kier alpha value is -4.01. The Labute approximate surface area is 185 Å². The third kappa shape index (κ3) is 4.36. The number of ether oxygens (including phenoxy) is 1. The third-order valence-corrected chi connectivity index (χ3v) is 4.98. The first-order valence-electron chi connectivity index (χ1n) is 10.2. The number of aromatic nitrogens is 5. The van der Waals surface area contributed by atoms with Crippen LogP contribution in [0.4, 0.5) is 0 Å². The van der Waals surface area contributed by atoms with Crippen molar-refractivity contribution in [3.8, 4) is 22.8 Å². The van der Waals surface area contributed by atoms with Gasteiger partial charge < -0.3 is 14.6 Å². The van der Waals surface area contributed by atoms with Gasteiger partial charge in [-0.05, 0) is 48.7 Å². The quantitative estimate of drug-likeness (QED) is 0.474. The van der Waals surface area contributed by atoms with Crippen LogP contribution in [0, 0.1) is 12.8 Å². The molecule has 164 valence electrons. The SMILES string of the molecule is COc1ccc(C)cc1-n1ccc(C(=O)NC(c2nc(-c3cccnc3)no2)C(C)C)n1. The summed E-state index contributed by atoms with van der Waals surface area (Å²) in [6.45, 7) is 5.92. The minimum atomic E-state index is -0.473. The van der Waals surface area contributed by atoms with Gasteiger partial charge in [-0.1, -0.05) is 25.1 Å². The molecule has 0 fully saturated rings. The first kappa shape index (κ1) is 21.2. The lowest BCUT2D eigenvalue weighted by atomic mass is 10.0. The largest absolute Gasteiger partial charge is 0.494 e. The van der Waals surface area contributed by atoms with Crippen molar-refractivity contribution in [1.29, 1.82) is 0 Å². The molecule has 0 aliphatic heterocycles. The molecule has 1 N–H and O–H groups in total. The number of methoxy groups -OCH3 is 1. The van der Waals surface area contributed by atoms with Gasteiger partial charge in [0.25, 0.3) is 5.91 Å². The van der Waals surface area contributed by atoms with Crippen molar-refractivity contribution in [2.75, 3.05) is 7.11 Å². The van der Waals surface area contributed by atoms with Crippen LogP contribution >= 0.6 is 0 Å². The molecule has 1 aromatic carbocycles. The maximum atomic E-state index is 13.0. The number of carbonyl (C=O) groups excluding carboxylic acids is 1. The summed E-state index contributed by atoms with van der Waals surface area (Å²) >= 11 is 0. The van der Waals surface area contributed by atoms with Gasteiger partial charge in [0.2, 0.25) is 11.7 Å². The van der Waals surface area contributed by atoms with E-state index in [0.717, 1.165) is 16.8 Å². The Bertz CT molecular complexity index is 1220. The molecule has 0 aliphatic rings. The van der Waals surface area contributed by atoms with Crippen molar-refractivity contribution in [3.63, 3.8) is 0 Å². The third-order valence-electron chi connectivity index (χ3n) is 4.98. The van der Waals surface area contributed by atoms with Gasteiger partial charge in [-0.3, -0.25) is 9.78 Å². The molecule has 32 heavy (non-hydrogen) atoms. The Kier molecular flexibility index (Phi) is 5.98. The summed E-state index contributed by atoms with van der Waals surface area (Å²) in [6, 6.07) is 10.6. The molecule has 0 saturated heterocycles. The van der Waals surface area contributed by atoms with Gasteiger partial charge in [0.1, 0.15) is 17.5 Å². The predicted molar refractivity (Wildman–Crippen MR) is 117 cm³/mol. The highest BCUT2D eigenvalue weighted by Crippen LogP contribution is 2.25. The van der Waals surface area contributed by atoms with Crippen LogP contribution in [0.3, 0.4) is 0 Å². The highest BCUT2D eigenvalue weighted by Gasteiger charge is 2.26. The molecule has 3 aromatic heterocycles. The zero-order valence-corrected chi connectivity index (χ0v) is 18.3. The average molecular weight is 432 g/mol. The number of amides is 1. The molecule has 9 heteroatoms. The van der Waals surface area contributed by atoms with Crippen LogP contribution in [-0.2, 0) is 0 Å². The number of pyridine rings is 1. The maximum absolute atomic E-state index is 13.0. The number of aryl methyl sites for hydroxylation is 1. The van der Waals surface area contributed by atoms with E-state index in [4.69, 9.17) is 9.26 Å². The monoisotopic (exact) mass is 432 g/mol. The van der Waals surface area contributed by atoms with Crippen LogP contribution in [0.15, 0.2) is 59.5 Å². The van der Waals surface area contributed by atoms with E-state index in [9.17, 15) is 4.79 Å². The van der Waals surface area contributed by atoms with Gasteiger partial charge in [-0.2, -0.15) is 10.1 Å². The number of carbonyl (C=O) groups is 1. The van der Waals surface area contributed by atoms with Crippen molar-refractivity contribution >= 4 is 5.91 Å². The molecule has 0 aliphatic carbocycles. The smallest absolute Gasteiger partial charge is 0.272 e. The van der Waals surface area contributed by atoms with Crippen LogP contribution in [0.2, 0.25) is 0 Å². The highest BCUT2D eigenvalue weighted by atomic mass is 16.5. The first-order valence-corrected chi connectivity index (χ1v) is 10.2. The van der Waals surface area contributed by atoms with Gasteiger partial charge in [-0.25, -0.2) is 4.68 Å². The van der Waals surface area contributed by atoms with E-state index in [-0.39, 0.29) is 17.5 Å². The number of benzene rings is 1. The lowest BCUT2D eigenvalue weighted by Crippen LogP contribution is -2.32. The van der Waals surface area contributed by atoms with Crippen LogP contribution in [0.25, 0.3) is 17.1 Å². The average Bonchev–Trinajstić information content (AvgIpc) is 3.48. The number of nitrogens with one attached hydrogen (secondary N) is 1. The number of rotatable bonds is 7. The highest BCUT2D eigenvalue weighted by molar-refractivity contribution is 5.92. The maximum Gasteiger partial charge on any atom is 0.272 e. The van der Waals surface area contributed by atoms with E-state index in [0.29, 0.717) is 17.5 Å². The summed E-state index contributed by atoms with van der Waals surface area (Å²) < 4.78 is 12.5. The molecule has 9 nitrogen and oxygen atoms in total. The molecule has 0 bridgehead atoms. The normalized spacial score (nSPS) is 12.0. The van der Waals surface area contributed by atoms with Gasteiger partial charge in [0.15, 0.2) is 5.69 Å². The molecule has 0 radical (unpaired) electrons. The molecule has 0 spiro atoms. The number of nitrogens with zero attached hydrogens (tertiary/aromatic N) is 5. The fraction of sp³-hybridized carbons (Fsp3) is 0.261. The van der Waals surface area contributed by atoms with E-state index in [2.05, 4.69) is 25.5 Å². The van der Waals surface area contributed by atoms with Crippen molar-refractivity contribution < 1.29 is 14.1 Å². The Morgan fingerprint density at radius 1 is 1.22 bits per heavy atom. The minimum Gasteiger partial charge on any atom is -0.494 e. The molecule has 4 aromatic rings. The fourth-order valence-electron chi connectivity index (χ4n) is 3.26. The second kappa shape index (κ2) is 9.01.